The normalized spacial score (nSPS) is 10.4. The van der Waals surface area contributed by atoms with Gasteiger partial charge in [-0.3, -0.25) is 0 Å². The lowest BCUT2D eigenvalue weighted by Gasteiger charge is -2.11. The van der Waals surface area contributed by atoms with E-state index < -0.39 is 0 Å². The highest BCUT2D eigenvalue weighted by atomic mass is 16.5. The number of pyridine rings is 3. The van der Waals surface area contributed by atoms with E-state index in [0.717, 1.165) is 28.2 Å². The number of rotatable bonds is 6. The zero-order valence-corrected chi connectivity index (χ0v) is 16.2. The van der Waals surface area contributed by atoms with E-state index in [0.29, 0.717) is 17.5 Å². The second-order valence-electron chi connectivity index (χ2n) is 6.42. The third-order valence-electron chi connectivity index (χ3n) is 4.28. The molecule has 29 heavy (non-hydrogen) atoms. The molecule has 3 aromatic heterocycles. The third kappa shape index (κ3) is 4.50. The minimum absolute atomic E-state index is 0.515. The van der Waals surface area contributed by atoms with Crippen LogP contribution in [0.15, 0.2) is 79.3 Å². The molecular formula is C23H20N4O2. The number of hydrogen-bond donors (Lipinski definition) is 1. The molecule has 0 spiro atoms. The fraction of sp³-hybridized carbons (Fsp3) is 0.0870. The van der Waals surface area contributed by atoms with Crippen molar-refractivity contribution in [2.75, 3.05) is 12.4 Å². The summed E-state index contributed by atoms with van der Waals surface area (Å²) in [6.45, 7) is 2.01. The van der Waals surface area contributed by atoms with Crippen LogP contribution in [0.5, 0.6) is 17.5 Å². The van der Waals surface area contributed by atoms with Gasteiger partial charge in [0.1, 0.15) is 11.6 Å². The highest BCUT2D eigenvalue weighted by molar-refractivity contribution is 5.69. The van der Waals surface area contributed by atoms with Gasteiger partial charge in [-0.25, -0.2) is 15.0 Å². The van der Waals surface area contributed by atoms with Crippen molar-refractivity contribution in [3.63, 3.8) is 0 Å². The predicted octanol–water partition coefficient (Wildman–Crippen LogP) is 5.39. The largest absolute Gasteiger partial charge is 0.481 e. The zero-order chi connectivity index (χ0) is 20.1. The molecule has 144 valence electrons. The van der Waals surface area contributed by atoms with Crippen LogP contribution in [-0.4, -0.2) is 22.1 Å². The predicted molar refractivity (Wildman–Crippen MR) is 113 cm³/mol. The summed E-state index contributed by atoms with van der Waals surface area (Å²) in [7, 11) is 1.59. The lowest BCUT2D eigenvalue weighted by Crippen LogP contribution is -1.95. The molecule has 6 nitrogen and oxygen atoms in total. The molecule has 0 aliphatic heterocycles. The number of nitrogens with zero attached hydrogens (tertiary/aromatic N) is 3. The Morgan fingerprint density at radius 2 is 1.72 bits per heavy atom. The molecule has 1 N–H and O–H groups in total. The molecule has 0 atom stereocenters. The molecule has 0 saturated carbocycles. The molecular weight excluding hydrogens is 364 g/mol. The Morgan fingerprint density at radius 3 is 2.48 bits per heavy atom. The summed E-state index contributed by atoms with van der Waals surface area (Å²) in [4.78, 5) is 12.9. The molecule has 6 heteroatoms. The van der Waals surface area contributed by atoms with Crippen LogP contribution < -0.4 is 14.8 Å². The SMILES string of the molecule is COc1cc(-c2cccnc2Oc2ccc(Nc3ccc(C)cn3)cc2)ccn1. The van der Waals surface area contributed by atoms with E-state index in [9.17, 15) is 0 Å². The van der Waals surface area contributed by atoms with Gasteiger partial charge in [0.05, 0.1) is 7.11 Å². The number of methoxy groups -OCH3 is 1. The number of nitrogens with one attached hydrogen (secondary N) is 1. The molecule has 0 bridgehead atoms. The number of anilines is 2. The molecule has 0 fully saturated rings. The fourth-order valence-electron chi connectivity index (χ4n) is 2.79. The van der Waals surface area contributed by atoms with Crippen molar-refractivity contribution in [3.8, 4) is 28.6 Å². The maximum Gasteiger partial charge on any atom is 0.227 e. The van der Waals surface area contributed by atoms with Gasteiger partial charge in [0.2, 0.25) is 11.8 Å². The van der Waals surface area contributed by atoms with Crippen molar-refractivity contribution < 1.29 is 9.47 Å². The molecule has 1 aromatic carbocycles. The number of benzene rings is 1. The number of ether oxygens (including phenoxy) is 2. The third-order valence-corrected chi connectivity index (χ3v) is 4.28. The summed E-state index contributed by atoms with van der Waals surface area (Å²) in [5, 5.41) is 3.27. The summed E-state index contributed by atoms with van der Waals surface area (Å²) in [5.74, 6) is 2.54. The van der Waals surface area contributed by atoms with Crippen LogP contribution in [0, 0.1) is 6.92 Å². The fourth-order valence-corrected chi connectivity index (χ4v) is 2.79. The lowest BCUT2D eigenvalue weighted by atomic mass is 10.1. The monoisotopic (exact) mass is 384 g/mol. The van der Waals surface area contributed by atoms with Crippen LogP contribution in [0.1, 0.15) is 5.56 Å². The van der Waals surface area contributed by atoms with Crippen LogP contribution in [0.25, 0.3) is 11.1 Å². The summed E-state index contributed by atoms with van der Waals surface area (Å²) >= 11 is 0. The standard InChI is InChI=1S/C23H20N4O2/c1-16-5-10-21(26-15-16)27-18-6-8-19(9-7-18)29-23-20(4-3-12-25-23)17-11-13-24-22(14-17)28-2/h3-15H,1-2H3,(H,26,27). The molecule has 4 rings (SSSR count). The Morgan fingerprint density at radius 1 is 0.862 bits per heavy atom. The first-order valence-electron chi connectivity index (χ1n) is 9.14. The van der Waals surface area contributed by atoms with E-state index >= 15 is 0 Å². The van der Waals surface area contributed by atoms with E-state index in [1.165, 1.54) is 0 Å². The van der Waals surface area contributed by atoms with Gasteiger partial charge in [0, 0.05) is 35.9 Å². The van der Waals surface area contributed by atoms with E-state index in [4.69, 9.17) is 9.47 Å². The Hall–Kier alpha value is -3.93. The van der Waals surface area contributed by atoms with Crippen LogP contribution in [0.4, 0.5) is 11.5 Å². The van der Waals surface area contributed by atoms with Crippen molar-refractivity contribution >= 4 is 11.5 Å². The topological polar surface area (TPSA) is 69.2 Å². The van der Waals surface area contributed by atoms with Crippen molar-refractivity contribution in [1.82, 2.24) is 15.0 Å². The van der Waals surface area contributed by atoms with Crippen molar-refractivity contribution in [2.45, 2.75) is 6.92 Å². The minimum Gasteiger partial charge on any atom is -0.481 e. The van der Waals surface area contributed by atoms with Crippen LogP contribution >= 0.6 is 0 Å². The number of hydrogen-bond acceptors (Lipinski definition) is 6. The summed E-state index contributed by atoms with van der Waals surface area (Å²) < 4.78 is 11.3. The van der Waals surface area contributed by atoms with Crippen molar-refractivity contribution in [1.29, 1.82) is 0 Å². The van der Waals surface area contributed by atoms with E-state index in [1.807, 2.05) is 73.8 Å². The van der Waals surface area contributed by atoms with Gasteiger partial charge in [0.15, 0.2) is 0 Å². The van der Waals surface area contributed by atoms with Gasteiger partial charge in [0.25, 0.3) is 0 Å². The van der Waals surface area contributed by atoms with Gasteiger partial charge < -0.3 is 14.8 Å². The Labute approximate surface area is 169 Å². The molecule has 3 heterocycles. The molecule has 0 saturated heterocycles. The number of aryl methyl sites for hydroxylation is 1. The first-order valence-corrected chi connectivity index (χ1v) is 9.14. The first-order chi connectivity index (χ1) is 14.2. The Kier molecular flexibility index (Phi) is 5.33. The second-order valence-corrected chi connectivity index (χ2v) is 6.42. The van der Waals surface area contributed by atoms with E-state index in [-0.39, 0.29) is 0 Å². The van der Waals surface area contributed by atoms with Crippen molar-refractivity contribution in [3.05, 3.63) is 84.8 Å². The highest BCUT2D eigenvalue weighted by Crippen LogP contribution is 2.32. The number of aromatic nitrogens is 3. The Bertz CT molecular complexity index is 1100. The van der Waals surface area contributed by atoms with Gasteiger partial charge >= 0.3 is 0 Å². The molecule has 0 amide bonds. The first kappa shape index (κ1) is 18.4. The van der Waals surface area contributed by atoms with E-state index in [1.54, 1.807) is 19.5 Å². The summed E-state index contributed by atoms with van der Waals surface area (Å²) in [6, 6.07) is 19.2. The maximum absolute atomic E-state index is 6.04. The van der Waals surface area contributed by atoms with Gasteiger partial charge in [-0.2, -0.15) is 0 Å². The smallest absolute Gasteiger partial charge is 0.227 e. The quantitative estimate of drug-likeness (QED) is 0.480. The highest BCUT2D eigenvalue weighted by Gasteiger charge is 2.10. The van der Waals surface area contributed by atoms with Crippen LogP contribution in [0.3, 0.4) is 0 Å². The van der Waals surface area contributed by atoms with Gasteiger partial charge in [-0.15, -0.1) is 0 Å². The van der Waals surface area contributed by atoms with Gasteiger partial charge in [-0.1, -0.05) is 6.07 Å². The van der Waals surface area contributed by atoms with Gasteiger partial charge in [-0.05, 0) is 66.6 Å². The summed E-state index contributed by atoms with van der Waals surface area (Å²) in [6.07, 6.45) is 5.23. The maximum atomic E-state index is 6.04. The van der Waals surface area contributed by atoms with Crippen molar-refractivity contribution in [2.24, 2.45) is 0 Å². The average molecular weight is 384 g/mol. The van der Waals surface area contributed by atoms with E-state index in [2.05, 4.69) is 20.3 Å². The van der Waals surface area contributed by atoms with Crippen LogP contribution in [0.2, 0.25) is 0 Å². The Balaban J connectivity index is 1.53. The molecule has 0 radical (unpaired) electrons. The lowest BCUT2D eigenvalue weighted by molar-refractivity contribution is 0.398. The molecule has 0 aliphatic rings. The molecule has 0 unspecified atom stereocenters. The average Bonchev–Trinajstić information content (AvgIpc) is 2.77. The minimum atomic E-state index is 0.515. The zero-order valence-electron chi connectivity index (χ0n) is 16.2. The molecule has 0 aliphatic carbocycles. The summed E-state index contributed by atoms with van der Waals surface area (Å²) in [5.41, 5.74) is 3.83. The second kappa shape index (κ2) is 8.39. The van der Waals surface area contributed by atoms with Crippen LogP contribution in [-0.2, 0) is 0 Å². The molecule has 4 aromatic rings.